The van der Waals surface area contributed by atoms with E-state index in [9.17, 15) is 4.79 Å². The van der Waals surface area contributed by atoms with Gasteiger partial charge in [0.2, 0.25) is 0 Å². The van der Waals surface area contributed by atoms with Gasteiger partial charge >= 0.3 is 5.97 Å². The molecule has 0 aliphatic heterocycles. The molecule has 0 fully saturated rings. The summed E-state index contributed by atoms with van der Waals surface area (Å²) in [6.45, 7) is 2.23. The molecule has 2 heteroatoms. The van der Waals surface area contributed by atoms with E-state index in [1.807, 2.05) is 30.4 Å². The Morgan fingerprint density at radius 1 is 1.38 bits per heavy atom. The second kappa shape index (κ2) is 3.05. The zero-order chi connectivity index (χ0) is 9.26. The van der Waals surface area contributed by atoms with Crippen LogP contribution in [0.3, 0.4) is 0 Å². The van der Waals surface area contributed by atoms with Crippen LogP contribution in [-0.4, -0.2) is 12.6 Å². The number of esters is 1. The van der Waals surface area contributed by atoms with E-state index >= 15 is 0 Å². The molecule has 0 unspecified atom stereocenters. The fraction of sp³-hybridized carbons (Fsp3) is 0.182. The second-order valence-corrected chi connectivity index (χ2v) is 2.90. The quantitative estimate of drug-likeness (QED) is 0.598. The first-order valence-electron chi connectivity index (χ1n) is 4.30. The van der Waals surface area contributed by atoms with Gasteiger partial charge in [0.1, 0.15) is 0 Å². The van der Waals surface area contributed by atoms with Crippen LogP contribution in [0.15, 0.2) is 47.1 Å². The zero-order valence-electron chi connectivity index (χ0n) is 7.41. The molecule has 0 saturated heterocycles. The number of carbonyl (C=O) groups is 1. The predicted molar refractivity (Wildman–Crippen MR) is 50.0 cm³/mol. The maximum atomic E-state index is 11.3. The van der Waals surface area contributed by atoms with Crippen LogP contribution < -0.4 is 0 Å². The Labute approximate surface area is 76.9 Å². The van der Waals surface area contributed by atoms with Gasteiger partial charge in [-0.3, -0.25) is 0 Å². The first kappa shape index (κ1) is 8.05. The van der Waals surface area contributed by atoms with E-state index in [4.69, 9.17) is 4.74 Å². The third-order valence-corrected chi connectivity index (χ3v) is 2.02. The van der Waals surface area contributed by atoms with Gasteiger partial charge in [0.05, 0.1) is 12.2 Å². The van der Waals surface area contributed by atoms with Gasteiger partial charge in [-0.2, -0.15) is 0 Å². The molecular formula is C11H10O2. The molecule has 0 bridgehead atoms. The van der Waals surface area contributed by atoms with Gasteiger partial charge in [-0.05, 0) is 30.2 Å². The molecule has 2 nitrogen and oxygen atoms in total. The first-order chi connectivity index (χ1) is 6.31. The molecule has 13 heavy (non-hydrogen) atoms. The van der Waals surface area contributed by atoms with Crippen LogP contribution in [0.4, 0.5) is 0 Å². The number of fused-ring (bicyclic) bond motifs is 1. The molecule has 0 saturated carbocycles. The molecule has 2 aliphatic rings. The highest BCUT2D eigenvalue weighted by molar-refractivity contribution is 5.95. The Bertz CT molecular complexity index is 368. The normalized spacial score (nSPS) is 17.8. The van der Waals surface area contributed by atoms with Crippen molar-refractivity contribution in [3.05, 3.63) is 47.1 Å². The minimum absolute atomic E-state index is 0.237. The largest absolute Gasteiger partial charge is 0.462 e. The standard InChI is InChI=1S/C11H10O2/c1-2-13-11(12)10-6-8-4-3-5-9(8)7-10/h3-7H,2H2,1H3. The van der Waals surface area contributed by atoms with E-state index in [1.165, 1.54) is 0 Å². The van der Waals surface area contributed by atoms with Crippen molar-refractivity contribution >= 4 is 5.97 Å². The van der Waals surface area contributed by atoms with Crippen molar-refractivity contribution in [2.45, 2.75) is 6.92 Å². The van der Waals surface area contributed by atoms with Crippen molar-refractivity contribution in [3.63, 3.8) is 0 Å². The van der Waals surface area contributed by atoms with Crippen molar-refractivity contribution in [3.8, 4) is 0 Å². The molecule has 0 radical (unpaired) electrons. The Hall–Kier alpha value is -1.57. The third-order valence-electron chi connectivity index (χ3n) is 2.02. The van der Waals surface area contributed by atoms with Gasteiger partial charge < -0.3 is 4.74 Å². The van der Waals surface area contributed by atoms with Gasteiger partial charge in [-0.1, -0.05) is 18.2 Å². The fourth-order valence-electron chi connectivity index (χ4n) is 1.42. The van der Waals surface area contributed by atoms with E-state index in [1.54, 1.807) is 6.92 Å². The van der Waals surface area contributed by atoms with Crippen LogP contribution >= 0.6 is 0 Å². The molecule has 0 amide bonds. The number of ether oxygens (including phenoxy) is 1. The van der Waals surface area contributed by atoms with Crippen molar-refractivity contribution in [1.82, 2.24) is 0 Å². The van der Waals surface area contributed by atoms with Gasteiger partial charge in [-0.15, -0.1) is 0 Å². The van der Waals surface area contributed by atoms with Crippen LogP contribution in [0.1, 0.15) is 6.92 Å². The average molecular weight is 174 g/mol. The second-order valence-electron chi connectivity index (χ2n) is 2.90. The highest BCUT2D eigenvalue weighted by Gasteiger charge is 2.18. The summed E-state index contributed by atoms with van der Waals surface area (Å²) in [6, 6.07) is 0. The molecule has 0 N–H and O–H groups in total. The lowest BCUT2D eigenvalue weighted by Gasteiger charge is -1.98. The molecule has 2 aliphatic carbocycles. The van der Waals surface area contributed by atoms with Crippen molar-refractivity contribution in [1.29, 1.82) is 0 Å². The average Bonchev–Trinajstić information content (AvgIpc) is 2.61. The molecular weight excluding hydrogens is 164 g/mol. The van der Waals surface area contributed by atoms with Crippen LogP contribution in [0.2, 0.25) is 0 Å². The summed E-state index contributed by atoms with van der Waals surface area (Å²) in [5, 5.41) is 0. The molecule has 0 aromatic carbocycles. The summed E-state index contributed by atoms with van der Waals surface area (Å²) in [5.74, 6) is -0.237. The van der Waals surface area contributed by atoms with Gasteiger partial charge in [0.25, 0.3) is 0 Å². The molecule has 2 rings (SSSR count). The van der Waals surface area contributed by atoms with Crippen molar-refractivity contribution in [2.75, 3.05) is 6.61 Å². The Kier molecular flexibility index (Phi) is 1.89. The predicted octanol–water partition coefficient (Wildman–Crippen LogP) is 1.91. The molecule has 0 aromatic rings. The maximum Gasteiger partial charge on any atom is 0.338 e. The van der Waals surface area contributed by atoms with E-state index in [-0.39, 0.29) is 5.97 Å². The van der Waals surface area contributed by atoms with E-state index in [0.29, 0.717) is 12.2 Å². The number of hydrogen-bond acceptors (Lipinski definition) is 2. The molecule has 0 heterocycles. The summed E-state index contributed by atoms with van der Waals surface area (Å²) >= 11 is 0. The highest BCUT2D eigenvalue weighted by Crippen LogP contribution is 2.28. The number of carbonyl (C=O) groups excluding carboxylic acids is 1. The van der Waals surface area contributed by atoms with Gasteiger partial charge in [-0.25, -0.2) is 4.79 Å². The smallest absolute Gasteiger partial charge is 0.338 e. The summed E-state index contributed by atoms with van der Waals surface area (Å²) in [5.41, 5.74) is 2.85. The van der Waals surface area contributed by atoms with Crippen LogP contribution in [0, 0.1) is 0 Å². The fourth-order valence-corrected chi connectivity index (χ4v) is 1.42. The van der Waals surface area contributed by atoms with E-state index in [2.05, 4.69) is 0 Å². The van der Waals surface area contributed by atoms with Gasteiger partial charge in [0, 0.05) is 0 Å². The monoisotopic (exact) mass is 174 g/mol. The van der Waals surface area contributed by atoms with Crippen LogP contribution in [0.5, 0.6) is 0 Å². The number of allylic oxidation sites excluding steroid dienone is 6. The molecule has 0 aromatic heterocycles. The molecule has 0 atom stereocenters. The molecule has 0 spiro atoms. The Balaban J connectivity index is 2.18. The van der Waals surface area contributed by atoms with E-state index < -0.39 is 0 Å². The van der Waals surface area contributed by atoms with Crippen LogP contribution in [0.25, 0.3) is 0 Å². The first-order valence-corrected chi connectivity index (χ1v) is 4.30. The van der Waals surface area contributed by atoms with Gasteiger partial charge in [0.15, 0.2) is 0 Å². The lowest BCUT2D eigenvalue weighted by atomic mass is 10.2. The van der Waals surface area contributed by atoms with Crippen molar-refractivity contribution in [2.24, 2.45) is 0 Å². The Morgan fingerprint density at radius 3 is 2.92 bits per heavy atom. The highest BCUT2D eigenvalue weighted by atomic mass is 16.5. The third kappa shape index (κ3) is 1.35. The number of hydrogen-bond donors (Lipinski definition) is 0. The SMILES string of the molecule is CCOC(=O)C1=CC2=CC=CC2=C1. The number of rotatable bonds is 2. The zero-order valence-corrected chi connectivity index (χ0v) is 7.41. The lowest BCUT2D eigenvalue weighted by molar-refractivity contribution is -0.138. The van der Waals surface area contributed by atoms with Crippen LogP contribution in [-0.2, 0) is 9.53 Å². The van der Waals surface area contributed by atoms with E-state index in [0.717, 1.165) is 11.1 Å². The molecule has 66 valence electrons. The minimum Gasteiger partial charge on any atom is -0.462 e. The summed E-state index contributed by atoms with van der Waals surface area (Å²) in [6.07, 6.45) is 9.65. The lowest BCUT2D eigenvalue weighted by Crippen LogP contribution is -2.04. The summed E-state index contributed by atoms with van der Waals surface area (Å²) in [7, 11) is 0. The summed E-state index contributed by atoms with van der Waals surface area (Å²) in [4.78, 5) is 11.3. The van der Waals surface area contributed by atoms with Crippen molar-refractivity contribution < 1.29 is 9.53 Å². The maximum absolute atomic E-state index is 11.3. The minimum atomic E-state index is -0.237. The topological polar surface area (TPSA) is 26.3 Å². The summed E-state index contributed by atoms with van der Waals surface area (Å²) < 4.78 is 4.89. The Morgan fingerprint density at radius 2 is 2.23 bits per heavy atom.